The number of benzene rings is 10. The molecule has 0 radical (unpaired) electrons. The van der Waals surface area contributed by atoms with Crippen LogP contribution in [0.2, 0.25) is 0 Å². The second kappa shape index (κ2) is 14.8. The molecule has 0 N–H and O–H groups in total. The number of nitrogens with zero attached hydrogens (tertiary/aromatic N) is 7. The molecule has 0 amide bonds. The molecule has 310 valence electrons. The summed E-state index contributed by atoms with van der Waals surface area (Å²) in [6, 6.07) is 73.7. The molecule has 2 aliphatic rings. The first-order valence-electron chi connectivity index (χ1n) is 22.3. The van der Waals surface area contributed by atoms with Crippen LogP contribution < -0.4 is 26.2 Å². The molecule has 0 aliphatic carbocycles. The maximum absolute atomic E-state index is 10.4. The van der Waals surface area contributed by atoms with Crippen LogP contribution in [0.1, 0.15) is 16.7 Å². The molecule has 10 aromatic carbocycles. The largest absolute Gasteiger partial charge is 0.313 e. The molecular formula is C60H32BN7. The van der Waals surface area contributed by atoms with Crippen molar-refractivity contribution in [3.63, 3.8) is 0 Å². The van der Waals surface area contributed by atoms with Crippen LogP contribution in [0.3, 0.4) is 0 Å². The zero-order valence-corrected chi connectivity index (χ0v) is 36.2. The van der Waals surface area contributed by atoms with Gasteiger partial charge >= 0.3 is 0 Å². The normalized spacial score (nSPS) is 12.3. The van der Waals surface area contributed by atoms with Crippen molar-refractivity contribution in [2.24, 2.45) is 0 Å². The average molecular weight is 862 g/mol. The van der Waals surface area contributed by atoms with Gasteiger partial charge in [0.1, 0.15) is 0 Å². The number of fused-ring (bicyclic) bond motifs is 9. The van der Waals surface area contributed by atoms with Crippen molar-refractivity contribution in [1.29, 1.82) is 15.8 Å². The van der Waals surface area contributed by atoms with Crippen molar-refractivity contribution in [3.05, 3.63) is 222 Å². The highest BCUT2D eigenvalue weighted by Crippen LogP contribution is 2.48. The van der Waals surface area contributed by atoms with E-state index >= 15 is 0 Å². The summed E-state index contributed by atoms with van der Waals surface area (Å²) in [6.07, 6.45) is 0. The predicted octanol–water partition coefficient (Wildman–Crippen LogP) is 13.0. The van der Waals surface area contributed by atoms with Gasteiger partial charge in [-0.15, -0.1) is 0 Å². The quantitative estimate of drug-likeness (QED) is 0.130. The van der Waals surface area contributed by atoms with E-state index in [9.17, 15) is 15.8 Å². The minimum atomic E-state index is -0.266. The fourth-order valence-electron chi connectivity index (χ4n) is 10.8. The van der Waals surface area contributed by atoms with Gasteiger partial charge in [0.15, 0.2) is 5.69 Å². The standard InChI is InChI=1S/C60H32BN7/c1-65-46-22-39(36-64)25-49(33-46)68-57-30-43-14-8-6-12-41(43)27-53(57)61-52-26-40-11-5-7-13-42(40)29-56(52)67(48-23-37(34-62)21-38(24-48)35-63)58-31-45(32-59(68)60(58)61)44-19-20-51-50-17-9-10-18-54(50)66(55(51)28-44)47-15-3-2-4-16-47/h2-33H. The van der Waals surface area contributed by atoms with Crippen LogP contribution in [0.4, 0.5) is 39.8 Å². The van der Waals surface area contributed by atoms with Gasteiger partial charge in [0.25, 0.3) is 6.71 Å². The van der Waals surface area contributed by atoms with Crippen LogP contribution >= 0.6 is 0 Å². The Morgan fingerprint density at radius 2 is 0.926 bits per heavy atom. The Balaban J connectivity index is 1.19. The summed E-state index contributed by atoms with van der Waals surface area (Å²) in [5, 5.41) is 37.8. The van der Waals surface area contributed by atoms with Crippen molar-refractivity contribution in [1.82, 2.24) is 4.57 Å². The van der Waals surface area contributed by atoms with E-state index in [-0.39, 0.29) is 6.71 Å². The van der Waals surface area contributed by atoms with Crippen LogP contribution in [0.25, 0.3) is 65.0 Å². The van der Waals surface area contributed by atoms with Crippen molar-refractivity contribution in [2.45, 2.75) is 0 Å². The fraction of sp³-hybridized carbons (Fsp3) is 0. The minimum absolute atomic E-state index is 0.266. The smallest absolute Gasteiger partial charge is 0.252 e. The summed E-state index contributed by atoms with van der Waals surface area (Å²) in [6.45, 7) is 7.87. The first kappa shape index (κ1) is 38.6. The number of hydrogen-bond donors (Lipinski definition) is 0. The fourth-order valence-corrected chi connectivity index (χ4v) is 10.8. The summed E-state index contributed by atoms with van der Waals surface area (Å²) < 4.78 is 2.32. The van der Waals surface area contributed by atoms with Crippen molar-refractivity contribution < 1.29 is 0 Å². The molecular weight excluding hydrogens is 830 g/mol. The van der Waals surface area contributed by atoms with Gasteiger partial charge < -0.3 is 14.4 Å². The molecule has 0 bridgehead atoms. The molecule has 68 heavy (non-hydrogen) atoms. The van der Waals surface area contributed by atoms with Gasteiger partial charge in [0.05, 0.1) is 46.9 Å². The zero-order chi connectivity index (χ0) is 45.6. The van der Waals surface area contributed by atoms with Gasteiger partial charge in [-0.3, -0.25) is 0 Å². The van der Waals surface area contributed by atoms with Crippen LogP contribution in [-0.2, 0) is 0 Å². The number of para-hydroxylation sites is 2. The number of nitriles is 3. The summed E-state index contributed by atoms with van der Waals surface area (Å²) in [5.74, 6) is 0. The maximum atomic E-state index is 10.4. The Morgan fingerprint density at radius 3 is 1.51 bits per heavy atom. The lowest BCUT2D eigenvalue weighted by Crippen LogP contribution is -2.61. The molecule has 1 aromatic heterocycles. The maximum Gasteiger partial charge on any atom is 0.252 e. The van der Waals surface area contributed by atoms with Gasteiger partial charge in [-0.1, -0.05) is 109 Å². The summed E-state index contributed by atoms with van der Waals surface area (Å²) in [5.41, 5.74) is 14.9. The van der Waals surface area contributed by atoms with E-state index in [4.69, 9.17) is 6.57 Å². The van der Waals surface area contributed by atoms with Crippen LogP contribution in [0, 0.1) is 40.6 Å². The lowest BCUT2D eigenvalue weighted by Gasteiger charge is -2.45. The molecule has 11 aromatic rings. The second-order valence-electron chi connectivity index (χ2n) is 17.4. The summed E-state index contributed by atoms with van der Waals surface area (Å²) >= 11 is 0. The summed E-state index contributed by atoms with van der Waals surface area (Å²) in [4.78, 5) is 8.31. The summed E-state index contributed by atoms with van der Waals surface area (Å²) in [7, 11) is 0. The molecule has 0 unspecified atom stereocenters. The Hall–Kier alpha value is -9.86. The minimum Gasteiger partial charge on any atom is -0.313 e. The molecule has 13 rings (SSSR count). The first-order valence-corrected chi connectivity index (χ1v) is 22.3. The van der Waals surface area contributed by atoms with Crippen LogP contribution in [-0.4, -0.2) is 11.3 Å². The van der Waals surface area contributed by atoms with E-state index in [1.54, 1.807) is 12.1 Å². The molecule has 7 nitrogen and oxygen atoms in total. The van der Waals surface area contributed by atoms with Crippen LogP contribution in [0.5, 0.6) is 0 Å². The van der Waals surface area contributed by atoms with Crippen LogP contribution in [0.15, 0.2) is 194 Å². The third kappa shape index (κ3) is 5.76. The van der Waals surface area contributed by atoms with E-state index in [1.807, 2.05) is 36.4 Å². The van der Waals surface area contributed by atoms with Gasteiger partial charge in [0.2, 0.25) is 0 Å². The Bertz CT molecular complexity index is 3930. The predicted molar refractivity (Wildman–Crippen MR) is 276 cm³/mol. The second-order valence-corrected chi connectivity index (χ2v) is 17.4. The zero-order valence-electron chi connectivity index (χ0n) is 36.2. The highest BCUT2D eigenvalue weighted by Gasteiger charge is 2.44. The van der Waals surface area contributed by atoms with E-state index in [2.05, 4.69) is 183 Å². The van der Waals surface area contributed by atoms with Gasteiger partial charge in [-0.05, 0) is 134 Å². The topological polar surface area (TPSA) is 87.1 Å². The third-order valence-electron chi connectivity index (χ3n) is 13.7. The SMILES string of the molecule is [C-]#[N+]c1cc(C#N)cc(N2c3cc4ccccc4cc3B3c4cc5ccccc5cc4N(c4cc(C#N)cc(C#N)c4)c4cc(-c5ccc6c7ccccc7n(-c7ccccc7)c6c5)cc2c43)c1. The molecule has 0 atom stereocenters. The Labute approximate surface area is 391 Å². The monoisotopic (exact) mass is 861 g/mol. The highest BCUT2D eigenvalue weighted by molar-refractivity contribution is 7.00. The van der Waals surface area contributed by atoms with Crippen molar-refractivity contribution >= 4 is 106 Å². The molecule has 8 heteroatoms. The van der Waals surface area contributed by atoms with Gasteiger partial charge in [0, 0.05) is 56.1 Å². The van der Waals surface area contributed by atoms with Gasteiger partial charge in [-0.2, -0.15) is 15.8 Å². The van der Waals surface area contributed by atoms with E-state index in [0.717, 1.165) is 99.3 Å². The Morgan fingerprint density at radius 1 is 0.412 bits per heavy atom. The van der Waals surface area contributed by atoms with E-state index in [1.165, 1.54) is 0 Å². The number of rotatable bonds is 4. The molecule has 0 spiro atoms. The van der Waals surface area contributed by atoms with Crippen molar-refractivity contribution in [3.8, 4) is 35.0 Å². The first-order chi connectivity index (χ1) is 33.5. The molecule has 3 heterocycles. The van der Waals surface area contributed by atoms with E-state index < -0.39 is 0 Å². The Kier molecular flexibility index (Phi) is 8.43. The third-order valence-corrected chi connectivity index (χ3v) is 13.7. The lowest BCUT2D eigenvalue weighted by atomic mass is 9.33. The lowest BCUT2D eigenvalue weighted by molar-refractivity contribution is 1.18. The molecule has 0 fully saturated rings. The molecule has 0 saturated carbocycles. The van der Waals surface area contributed by atoms with Crippen molar-refractivity contribution in [2.75, 3.05) is 9.80 Å². The van der Waals surface area contributed by atoms with E-state index in [0.29, 0.717) is 33.8 Å². The highest BCUT2D eigenvalue weighted by atomic mass is 15.2. The molecule has 2 aliphatic heterocycles. The number of aromatic nitrogens is 1. The molecule has 0 saturated heterocycles. The van der Waals surface area contributed by atoms with Gasteiger partial charge in [-0.25, -0.2) is 4.85 Å². The number of hydrogen-bond acceptors (Lipinski definition) is 5. The number of anilines is 6. The average Bonchev–Trinajstić information content (AvgIpc) is 3.73.